The van der Waals surface area contributed by atoms with Gasteiger partial charge >= 0.3 is 0 Å². The van der Waals surface area contributed by atoms with E-state index < -0.39 is 0 Å². The van der Waals surface area contributed by atoms with Crippen molar-refractivity contribution >= 4 is 24.8 Å². The van der Waals surface area contributed by atoms with Gasteiger partial charge in [0.15, 0.2) is 0 Å². The largest absolute Gasteiger partial charge is 0.316 e. The molecule has 0 amide bonds. The molecule has 2 nitrogen and oxygen atoms in total. The van der Waals surface area contributed by atoms with Crippen LogP contribution >= 0.6 is 24.8 Å². The highest BCUT2D eigenvalue weighted by molar-refractivity contribution is 5.85. The molecule has 2 N–H and O–H groups in total. The maximum atomic E-state index is 5.62. The smallest absolute Gasteiger partial charge is 0.0542 e. The molecule has 1 aliphatic rings. The molecule has 1 atom stereocenters. The van der Waals surface area contributed by atoms with Crippen LogP contribution in [0.2, 0.25) is 0 Å². The predicted octanol–water partition coefficient (Wildman–Crippen LogP) is 1.23. The van der Waals surface area contributed by atoms with Gasteiger partial charge in [-0.25, -0.2) is 0 Å². The zero-order chi connectivity index (χ0) is 5.98. The summed E-state index contributed by atoms with van der Waals surface area (Å²) < 4.78 is 0. The molecule has 10 heavy (non-hydrogen) atoms. The molecule has 64 valence electrons. The van der Waals surface area contributed by atoms with Gasteiger partial charge in [-0.1, -0.05) is 0 Å². The van der Waals surface area contributed by atoms with Crippen LogP contribution in [0.5, 0.6) is 0 Å². The standard InChI is InChI=1S/C6H14N2.2ClH/c1-6(7)8-4-2-3-5-8;;/h6H,2-5,7H2,1H3;2*1H. The zero-order valence-corrected chi connectivity index (χ0v) is 7.88. The Balaban J connectivity index is 0. The monoisotopic (exact) mass is 186 g/mol. The van der Waals surface area contributed by atoms with Crippen LogP contribution in [0.4, 0.5) is 0 Å². The first-order valence-electron chi connectivity index (χ1n) is 3.30. The van der Waals surface area contributed by atoms with Crippen molar-refractivity contribution < 1.29 is 0 Å². The van der Waals surface area contributed by atoms with Crippen LogP contribution in [0.25, 0.3) is 0 Å². The number of hydrogen-bond donors (Lipinski definition) is 1. The van der Waals surface area contributed by atoms with E-state index in [9.17, 15) is 0 Å². The quantitative estimate of drug-likeness (QED) is 0.668. The molecule has 0 aliphatic carbocycles. The van der Waals surface area contributed by atoms with E-state index in [0.717, 1.165) is 0 Å². The summed E-state index contributed by atoms with van der Waals surface area (Å²) in [7, 11) is 0. The van der Waals surface area contributed by atoms with Gasteiger partial charge < -0.3 is 5.73 Å². The molecule has 1 unspecified atom stereocenters. The summed E-state index contributed by atoms with van der Waals surface area (Å²) in [5.74, 6) is 0. The highest BCUT2D eigenvalue weighted by Crippen LogP contribution is 2.07. The molecule has 1 fully saturated rings. The van der Waals surface area contributed by atoms with Crippen LogP contribution in [-0.2, 0) is 0 Å². The van der Waals surface area contributed by atoms with Crippen molar-refractivity contribution in [3.8, 4) is 0 Å². The number of rotatable bonds is 1. The first-order chi connectivity index (χ1) is 3.80. The molecule has 1 rings (SSSR count). The number of hydrogen-bond acceptors (Lipinski definition) is 2. The third-order valence-corrected chi connectivity index (χ3v) is 1.72. The Bertz CT molecular complexity index is 72.1. The summed E-state index contributed by atoms with van der Waals surface area (Å²) in [5.41, 5.74) is 5.62. The first-order valence-corrected chi connectivity index (χ1v) is 3.30. The predicted molar refractivity (Wildman–Crippen MR) is 49.0 cm³/mol. The summed E-state index contributed by atoms with van der Waals surface area (Å²) in [4.78, 5) is 2.31. The van der Waals surface area contributed by atoms with Crippen molar-refractivity contribution in [3.63, 3.8) is 0 Å². The Morgan fingerprint density at radius 2 is 1.60 bits per heavy atom. The average Bonchev–Trinajstić information content (AvgIpc) is 2.12. The van der Waals surface area contributed by atoms with Crippen molar-refractivity contribution in [3.05, 3.63) is 0 Å². The molecule has 0 bridgehead atoms. The molecule has 4 heteroatoms. The molecular formula is C6H16Cl2N2. The van der Waals surface area contributed by atoms with Crippen molar-refractivity contribution in [2.75, 3.05) is 13.1 Å². The lowest BCUT2D eigenvalue weighted by atomic mass is 10.4. The number of likely N-dealkylation sites (tertiary alicyclic amines) is 1. The van der Waals surface area contributed by atoms with Gasteiger partial charge in [-0.3, -0.25) is 4.90 Å². The number of nitrogens with zero attached hydrogens (tertiary/aromatic N) is 1. The van der Waals surface area contributed by atoms with Crippen molar-refractivity contribution in [1.29, 1.82) is 0 Å². The minimum atomic E-state index is 0. The topological polar surface area (TPSA) is 29.3 Å². The first kappa shape index (κ1) is 13.1. The number of nitrogens with two attached hydrogens (primary N) is 1. The lowest BCUT2D eigenvalue weighted by Gasteiger charge is -2.18. The molecule has 1 heterocycles. The average molecular weight is 187 g/mol. The summed E-state index contributed by atoms with van der Waals surface area (Å²) in [6.45, 7) is 4.46. The second-order valence-corrected chi connectivity index (χ2v) is 2.48. The van der Waals surface area contributed by atoms with Gasteiger partial charge in [0.2, 0.25) is 0 Å². The Labute approximate surface area is 75.0 Å². The molecule has 0 spiro atoms. The third-order valence-electron chi connectivity index (χ3n) is 1.72. The fraction of sp³-hybridized carbons (Fsp3) is 1.00. The highest BCUT2D eigenvalue weighted by atomic mass is 35.5. The van der Waals surface area contributed by atoms with Gasteiger partial charge in [-0.05, 0) is 32.9 Å². The summed E-state index contributed by atoms with van der Waals surface area (Å²) in [6, 6.07) is 0. The Morgan fingerprint density at radius 3 is 1.80 bits per heavy atom. The van der Waals surface area contributed by atoms with Crippen LogP contribution in [0.15, 0.2) is 0 Å². The van der Waals surface area contributed by atoms with Gasteiger partial charge in [-0.15, -0.1) is 24.8 Å². The van der Waals surface area contributed by atoms with Crippen LogP contribution in [0.3, 0.4) is 0 Å². The van der Waals surface area contributed by atoms with Crippen molar-refractivity contribution in [1.82, 2.24) is 4.90 Å². The van der Waals surface area contributed by atoms with Crippen LogP contribution in [0, 0.1) is 0 Å². The van der Waals surface area contributed by atoms with E-state index in [1.807, 2.05) is 6.92 Å². The van der Waals surface area contributed by atoms with Gasteiger partial charge in [0, 0.05) is 0 Å². The summed E-state index contributed by atoms with van der Waals surface area (Å²) in [6.07, 6.45) is 2.95. The fourth-order valence-corrected chi connectivity index (χ4v) is 1.15. The molecule has 0 aromatic rings. The van der Waals surface area contributed by atoms with E-state index in [4.69, 9.17) is 5.73 Å². The van der Waals surface area contributed by atoms with E-state index in [0.29, 0.717) is 0 Å². The maximum Gasteiger partial charge on any atom is 0.0542 e. The Morgan fingerprint density at radius 1 is 1.20 bits per heavy atom. The molecule has 0 radical (unpaired) electrons. The Kier molecular flexibility index (Phi) is 8.17. The Hall–Kier alpha value is 0.500. The lowest BCUT2D eigenvalue weighted by Crippen LogP contribution is -2.36. The second kappa shape index (κ2) is 6.23. The lowest BCUT2D eigenvalue weighted by molar-refractivity contribution is 0.265. The fourth-order valence-electron chi connectivity index (χ4n) is 1.15. The summed E-state index contributed by atoms with van der Waals surface area (Å²) >= 11 is 0. The second-order valence-electron chi connectivity index (χ2n) is 2.48. The van der Waals surface area contributed by atoms with Crippen LogP contribution in [-0.4, -0.2) is 24.2 Å². The third kappa shape index (κ3) is 3.62. The van der Waals surface area contributed by atoms with Crippen molar-refractivity contribution in [2.45, 2.75) is 25.9 Å². The summed E-state index contributed by atoms with van der Waals surface area (Å²) in [5, 5.41) is 0. The van der Waals surface area contributed by atoms with E-state index in [1.165, 1.54) is 25.9 Å². The normalized spacial score (nSPS) is 21.0. The van der Waals surface area contributed by atoms with E-state index in [2.05, 4.69) is 4.90 Å². The SMILES string of the molecule is CC(N)N1CCCC1.Cl.Cl. The molecule has 0 aromatic heterocycles. The van der Waals surface area contributed by atoms with Gasteiger partial charge in [0.05, 0.1) is 6.17 Å². The van der Waals surface area contributed by atoms with Gasteiger partial charge in [-0.2, -0.15) is 0 Å². The van der Waals surface area contributed by atoms with Gasteiger partial charge in [0.25, 0.3) is 0 Å². The van der Waals surface area contributed by atoms with E-state index in [-0.39, 0.29) is 31.0 Å². The van der Waals surface area contributed by atoms with Crippen LogP contribution in [0.1, 0.15) is 19.8 Å². The number of halogens is 2. The highest BCUT2D eigenvalue weighted by Gasteiger charge is 2.13. The molecule has 0 saturated carbocycles. The maximum absolute atomic E-state index is 5.62. The minimum Gasteiger partial charge on any atom is -0.316 e. The molecule has 1 saturated heterocycles. The minimum absolute atomic E-state index is 0. The molecule has 0 aromatic carbocycles. The molecule has 1 aliphatic heterocycles. The zero-order valence-electron chi connectivity index (χ0n) is 6.25. The molecular weight excluding hydrogens is 171 g/mol. The van der Waals surface area contributed by atoms with Crippen molar-refractivity contribution in [2.24, 2.45) is 5.73 Å². The van der Waals surface area contributed by atoms with E-state index in [1.54, 1.807) is 0 Å². The van der Waals surface area contributed by atoms with Gasteiger partial charge in [0.1, 0.15) is 0 Å². The van der Waals surface area contributed by atoms with Crippen LogP contribution < -0.4 is 5.73 Å². The van der Waals surface area contributed by atoms with E-state index >= 15 is 0 Å².